The van der Waals surface area contributed by atoms with Crippen molar-refractivity contribution in [3.05, 3.63) is 65.5 Å². The highest BCUT2D eigenvalue weighted by atomic mass is 32.2. The first-order valence-corrected chi connectivity index (χ1v) is 13.8. The van der Waals surface area contributed by atoms with Gasteiger partial charge in [0.15, 0.2) is 0 Å². The quantitative estimate of drug-likeness (QED) is 0.513. The van der Waals surface area contributed by atoms with Gasteiger partial charge >= 0.3 is 0 Å². The summed E-state index contributed by atoms with van der Waals surface area (Å²) in [6.45, 7) is 11.7. The Morgan fingerprint density at radius 2 is 1.53 bits per heavy atom. The van der Waals surface area contributed by atoms with Crippen LogP contribution < -0.4 is 9.62 Å². The Labute approximate surface area is 214 Å². The molecule has 0 fully saturated rings. The normalized spacial score (nSPS) is 12.8. The van der Waals surface area contributed by atoms with E-state index in [1.165, 1.54) is 29.2 Å². The van der Waals surface area contributed by atoms with Gasteiger partial charge in [-0.05, 0) is 53.6 Å². The fraction of sp³-hybridized carbons (Fsp3) is 0.481. The SMILES string of the molecule is CC(C)CNC(=O)C(C)N(Cc1ccc(F)cc1)C(=O)CN(c1ccc(C(C)(C)C)cc1)S(C)(=O)=O. The fourth-order valence-electron chi connectivity index (χ4n) is 3.56. The average molecular weight is 520 g/mol. The van der Waals surface area contributed by atoms with Crippen LogP contribution in [0.1, 0.15) is 52.7 Å². The molecular formula is C27H38FN3O4S. The van der Waals surface area contributed by atoms with Gasteiger partial charge in [-0.25, -0.2) is 12.8 Å². The van der Waals surface area contributed by atoms with Crippen LogP contribution in [-0.4, -0.2) is 50.5 Å². The van der Waals surface area contributed by atoms with E-state index in [9.17, 15) is 22.4 Å². The van der Waals surface area contributed by atoms with Gasteiger partial charge in [-0.3, -0.25) is 13.9 Å². The van der Waals surface area contributed by atoms with Crippen LogP contribution in [0.5, 0.6) is 0 Å². The van der Waals surface area contributed by atoms with E-state index < -0.39 is 34.3 Å². The number of carbonyl (C=O) groups is 2. The Bertz CT molecular complexity index is 1140. The first-order chi connectivity index (χ1) is 16.6. The zero-order valence-corrected chi connectivity index (χ0v) is 23.0. The van der Waals surface area contributed by atoms with Gasteiger partial charge in [-0.15, -0.1) is 0 Å². The van der Waals surface area contributed by atoms with Crippen LogP contribution >= 0.6 is 0 Å². The highest BCUT2D eigenvalue weighted by Crippen LogP contribution is 2.26. The topological polar surface area (TPSA) is 86.8 Å². The first-order valence-electron chi connectivity index (χ1n) is 12.0. The lowest BCUT2D eigenvalue weighted by Gasteiger charge is -2.31. The van der Waals surface area contributed by atoms with E-state index in [0.717, 1.165) is 16.1 Å². The monoisotopic (exact) mass is 519 g/mol. The molecular weight excluding hydrogens is 481 g/mol. The van der Waals surface area contributed by atoms with E-state index in [1.54, 1.807) is 19.1 Å². The number of halogens is 1. The second-order valence-electron chi connectivity index (χ2n) is 10.5. The molecule has 0 spiro atoms. The number of benzene rings is 2. The summed E-state index contributed by atoms with van der Waals surface area (Å²) in [4.78, 5) is 27.7. The Hall–Kier alpha value is -2.94. The maximum absolute atomic E-state index is 13.5. The van der Waals surface area contributed by atoms with Gasteiger partial charge in [0.05, 0.1) is 11.9 Å². The van der Waals surface area contributed by atoms with Gasteiger partial charge in [-0.2, -0.15) is 0 Å². The molecule has 9 heteroatoms. The number of sulfonamides is 1. The van der Waals surface area contributed by atoms with Crippen LogP contribution in [0, 0.1) is 11.7 Å². The molecule has 1 N–H and O–H groups in total. The van der Waals surface area contributed by atoms with E-state index in [1.807, 2.05) is 26.0 Å². The molecule has 0 aliphatic heterocycles. The molecule has 0 saturated heterocycles. The predicted molar refractivity (Wildman–Crippen MR) is 142 cm³/mol. The molecule has 0 heterocycles. The zero-order chi connectivity index (χ0) is 27.3. The molecule has 2 aromatic rings. The van der Waals surface area contributed by atoms with Gasteiger partial charge in [0.2, 0.25) is 21.8 Å². The largest absolute Gasteiger partial charge is 0.354 e. The summed E-state index contributed by atoms with van der Waals surface area (Å²) in [5, 5.41) is 2.82. The number of amides is 2. The Morgan fingerprint density at radius 1 is 0.972 bits per heavy atom. The van der Waals surface area contributed by atoms with Crippen LogP contribution in [0.2, 0.25) is 0 Å². The van der Waals surface area contributed by atoms with Crippen molar-refractivity contribution in [3.63, 3.8) is 0 Å². The molecule has 2 rings (SSSR count). The maximum atomic E-state index is 13.5. The van der Waals surface area contributed by atoms with Crippen LogP contribution in [0.15, 0.2) is 48.5 Å². The molecule has 0 aromatic heterocycles. The van der Waals surface area contributed by atoms with Crippen molar-refractivity contribution < 1.29 is 22.4 Å². The van der Waals surface area contributed by atoms with Crippen LogP contribution in [0.4, 0.5) is 10.1 Å². The third-order valence-corrected chi connectivity index (χ3v) is 6.96. The highest BCUT2D eigenvalue weighted by molar-refractivity contribution is 7.92. The van der Waals surface area contributed by atoms with Gasteiger partial charge in [0.1, 0.15) is 18.4 Å². The van der Waals surface area contributed by atoms with Crippen molar-refractivity contribution in [1.82, 2.24) is 10.2 Å². The Kier molecular flexibility index (Phi) is 9.65. The minimum Gasteiger partial charge on any atom is -0.354 e. The number of hydrogen-bond acceptors (Lipinski definition) is 4. The van der Waals surface area contributed by atoms with Gasteiger partial charge in [0, 0.05) is 13.1 Å². The molecule has 2 aromatic carbocycles. The lowest BCUT2D eigenvalue weighted by atomic mass is 9.87. The lowest BCUT2D eigenvalue weighted by molar-refractivity contribution is -0.139. The molecule has 198 valence electrons. The minimum atomic E-state index is -3.81. The molecule has 1 atom stereocenters. The number of nitrogens with one attached hydrogen (secondary N) is 1. The highest BCUT2D eigenvalue weighted by Gasteiger charge is 2.30. The maximum Gasteiger partial charge on any atom is 0.244 e. The van der Waals surface area contributed by atoms with Crippen molar-refractivity contribution in [3.8, 4) is 0 Å². The smallest absolute Gasteiger partial charge is 0.244 e. The van der Waals surface area contributed by atoms with Crippen molar-refractivity contribution in [2.45, 2.75) is 59.5 Å². The Balaban J connectivity index is 2.37. The molecule has 1 unspecified atom stereocenters. The van der Waals surface area contributed by atoms with Crippen molar-refractivity contribution in [2.24, 2.45) is 5.92 Å². The number of hydrogen-bond donors (Lipinski definition) is 1. The summed E-state index contributed by atoms with van der Waals surface area (Å²) in [5.41, 5.74) is 1.89. The van der Waals surface area contributed by atoms with Gasteiger partial charge in [0.25, 0.3) is 0 Å². The van der Waals surface area contributed by atoms with Gasteiger partial charge in [-0.1, -0.05) is 58.9 Å². The zero-order valence-electron chi connectivity index (χ0n) is 22.2. The van der Waals surface area contributed by atoms with Crippen LogP contribution in [-0.2, 0) is 31.6 Å². The number of anilines is 1. The molecule has 0 radical (unpaired) electrons. The minimum absolute atomic E-state index is 0.0238. The van der Waals surface area contributed by atoms with E-state index in [4.69, 9.17) is 0 Å². The molecule has 7 nitrogen and oxygen atoms in total. The summed E-state index contributed by atoms with van der Waals surface area (Å²) in [6.07, 6.45) is 1.04. The molecule has 0 aliphatic carbocycles. The summed E-state index contributed by atoms with van der Waals surface area (Å²) < 4.78 is 39.8. The molecule has 36 heavy (non-hydrogen) atoms. The van der Waals surface area contributed by atoms with E-state index in [0.29, 0.717) is 17.8 Å². The number of rotatable bonds is 10. The first kappa shape index (κ1) is 29.3. The van der Waals surface area contributed by atoms with Gasteiger partial charge < -0.3 is 10.2 Å². The standard InChI is InChI=1S/C27H38FN3O4S/c1-19(2)16-29-26(33)20(3)30(17-21-8-12-23(28)13-9-21)25(32)18-31(36(7,34)35)24-14-10-22(11-15-24)27(4,5)6/h8-15,19-20H,16-18H2,1-7H3,(H,29,33). The summed E-state index contributed by atoms with van der Waals surface area (Å²) >= 11 is 0. The third kappa shape index (κ3) is 8.33. The van der Waals surface area contributed by atoms with Crippen molar-refractivity contribution >= 4 is 27.5 Å². The number of carbonyl (C=O) groups excluding carboxylic acids is 2. The summed E-state index contributed by atoms with van der Waals surface area (Å²) in [7, 11) is -3.81. The van der Waals surface area contributed by atoms with Crippen molar-refractivity contribution in [2.75, 3.05) is 23.7 Å². The third-order valence-electron chi connectivity index (χ3n) is 5.82. The van der Waals surface area contributed by atoms with Crippen molar-refractivity contribution in [1.29, 1.82) is 0 Å². The molecule has 0 saturated carbocycles. The molecule has 0 bridgehead atoms. The van der Waals surface area contributed by atoms with E-state index in [2.05, 4.69) is 26.1 Å². The van der Waals surface area contributed by atoms with E-state index >= 15 is 0 Å². The second-order valence-corrected chi connectivity index (χ2v) is 12.4. The lowest BCUT2D eigenvalue weighted by Crippen LogP contribution is -2.51. The average Bonchev–Trinajstić information content (AvgIpc) is 2.78. The fourth-order valence-corrected chi connectivity index (χ4v) is 4.41. The summed E-state index contributed by atoms with van der Waals surface area (Å²) in [6, 6.07) is 11.8. The Morgan fingerprint density at radius 3 is 2.00 bits per heavy atom. The van der Waals surface area contributed by atoms with Crippen LogP contribution in [0.25, 0.3) is 0 Å². The van der Waals surface area contributed by atoms with Crippen LogP contribution in [0.3, 0.4) is 0 Å². The summed E-state index contributed by atoms with van der Waals surface area (Å²) in [5.74, 6) is -1.09. The number of nitrogens with zero attached hydrogens (tertiary/aromatic N) is 2. The molecule has 0 aliphatic rings. The second kappa shape index (κ2) is 11.9. The predicted octanol–water partition coefficient (Wildman–Crippen LogP) is 4.08. The van der Waals surface area contributed by atoms with E-state index in [-0.39, 0.29) is 23.8 Å². The molecule has 2 amide bonds.